The summed E-state index contributed by atoms with van der Waals surface area (Å²) in [6.45, 7) is 8.26. The maximum atomic E-state index is 5.82. The van der Waals surface area contributed by atoms with E-state index in [1.165, 1.54) is 5.69 Å². The zero-order valence-electron chi connectivity index (χ0n) is 11.1. The van der Waals surface area contributed by atoms with Crippen LogP contribution in [0.3, 0.4) is 0 Å². The second kappa shape index (κ2) is 5.24. The summed E-state index contributed by atoms with van der Waals surface area (Å²) in [5, 5.41) is 0. The van der Waals surface area contributed by atoms with Crippen molar-refractivity contribution in [2.75, 3.05) is 31.1 Å². The first-order chi connectivity index (χ1) is 8.51. The molecule has 0 saturated carbocycles. The number of rotatable bonds is 3. The highest BCUT2D eigenvalue weighted by Crippen LogP contribution is 2.21. The number of piperazine rings is 1. The van der Waals surface area contributed by atoms with Gasteiger partial charge in [0.1, 0.15) is 0 Å². The molecule has 0 aliphatic carbocycles. The molecule has 1 heterocycles. The highest BCUT2D eigenvalue weighted by atomic mass is 32.1. The smallest absolute Gasteiger partial charge is 0.0928 e. The molecule has 1 aliphatic heterocycles. The fraction of sp³-hybridized carbons (Fsp3) is 0.500. The third-order valence-electron chi connectivity index (χ3n) is 3.79. The SMILES string of the molecule is CC(C)(C(N)=S)N1CCN(c2ccccc2)CC1. The first-order valence-electron chi connectivity index (χ1n) is 6.37. The fourth-order valence-electron chi connectivity index (χ4n) is 2.32. The van der Waals surface area contributed by atoms with Crippen LogP contribution in [0.2, 0.25) is 0 Å². The lowest BCUT2D eigenvalue weighted by atomic mass is 10.0. The molecule has 1 saturated heterocycles. The van der Waals surface area contributed by atoms with Gasteiger partial charge >= 0.3 is 0 Å². The molecule has 0 radical (unpaired) electrons. The summed E-state index contributed by atoms with van der Waals surface area (Å²) in [6.07, 6.45) is 0. The molecule has 4 heteroatoms. The van der Waals surface area contributed by atoms with Gasteiger partial charge in [-0.2, -0.15) is 0 Å². The van der Waals surface area contributed by atoms with Crippen LogP contribution in [-0.2, 0) is 0 Å². The molecule has 2 rings (SSSR count). The Kier molecular flexibility index (Phi) is 3.88. The molecule has 0 spiro atoms. The van der Waals surface area contributed by atoms with E-state index in [4.69, 9.17) is 18.0 Å². The lowest BCUT2D eigenvalue weighted by Gasteiger charge is -2.44. The molecule has 98 valence electrons. The lowest BCUT2D eigenvalue weighted by Crippen LogP contribution is -2.59. The largest absolute Gasteiger partial charge is 0.392 e. The van der Waals surface area contributed by atoms with Crippen LogP contribution in [0, 0.1) is 0 Å². The molecule has 1 aromatic rings. The topological polar surface area (TPSA) is 32.5 Å². The number of anilines is 1. The van der Waals surface area contributed by atoms with Crippen LogP contribution in [0.15, 0.2) is 30.3 Å². The molecule has 18 heavy (non-hydrogen) atoms. The Morgan fingerprint density at radius 1 is 1.11 bits per heavy atom. The van der Waals surface area contributed by atoms with E-state index in [0.717, 1.165) is 26.2 Å². The molecule has 1 fully saturated rings. The van der Waals surface area contributed by atoms with Crippen molar-refractivity contribution < 1.29 is 0 Å². The average molecular weight is 263 g/mol. The monoisotopic (exact) mass is 263 g/mol. The van der Waals surface area contributed by atoms with Crippen molar-refractivity contribution in [1.82, 2.24) is 4.90 Å². The maximum absolute atomic E-state index is 5.82. The van der Waals surface area contributed by atoms with E-state index < -0.39 is 0 Å². The Balaban J connectivity index is 1.99. The van der Waals surface area contributed by atoms with E-state index in [-0.39, 0.29) is 5.54 Å². The minimum atomic E-state index is -0.182. The van der Waals surface area contributed by atoms with E-state index in [1.54, 1.807) is 0 Å². The number of nitrogens with two attached hydrogens (primary N) is 1. The zero-order chi connectivity index (χ0) is 13.2. The first kappa shape index (κ1) is 13.3. The van der Waals surface area contributed by atoms with Crippen molar-refractivity contribution in [2.45, 2.75) is 19.4 Å². The molecule has 0 aromatic heterocycles. The summed E-state index contributed by atoms with van der Waals surface area (Å²) in [6, 6.07) is 10.5. The minimum absolute atomic E-state index is 0.182. The minimum Gasteiger partial charge on any atom is -0.392 e. The maximum Gasteiger partial charge on any atom is 0.0928 e. The van der Waals surface area contributed by atoms with Gasteiger partial charge in [-0.05, 0) is 26.0 Å². The highest BCUT2D eigenvalue weighted by molar-refractivity contribution is 7.80. The van der Waals surface area contributed by atoms with Gasteiger partial charge in [-0.25, -0.2) is 0 Å². The molecular formula is C14H21N3S. The third kappa shape index (κ3) is 2.65. The Morgan fingerprint density at radius 2 is 1.67 bits per heavy atom. The van der Waals surface area contributed by atoms with Gasteiger partial charge in [0.25, 0.3) is 0 Å². The second-order valence-corrected chi connectivity index (χ2v) is 5.67. The normalized spacial score (nSPS) is 17.8. The highest BCUT2D eigenvalue weighted by Gasteiger charge is 2.32. The number of para-hydroxylation sites is 1. The summed E-state index contributed by atoms with van der Waals surface area (Å²) in [5.41, 5.74) is 6.94. The summed E-state index contributed by atoms with van der Waals surface area (Å²) < 4.78 is 0. The van der Waals surface area contributed by atoms with Crippen molar-refractivity contribution in [3.8, 4) is 0 Å². The third-order valence-corrected chi connectivity index (χ3v) is 4.29. The molecule has 3 nitrogen and oxygen atoms in total. The van der Waals surface area contributed by atoms with Crippen molar-refractivity contribution in [2.24, 2.45) is 5.73 Å². The lowest BCUT2D eigenvalue weighted by molar-refractivity contribution is 0.168. The summed E-state index contributed by atoms with van der Waals surface area (Å²) in [4.78, 5) is 5.36. The van der Waals surface area contributed by atoms with Crippen LogP contribution >= 0.6 is 12.2 Å². The van der Waals surface area contributed by atoms with Gasteiger partial charge < -0.3 is 10.6 Å². The summed E-state index contributed by atoms with van der Waals surface area (Å²) in [5.74, 6) is 0. The van der Waals surface area contributed by atoms with Crippen molar-refractivity contribution in [3.05, 3.63) is 30.3 Å². The van der Waals surface area contributed by atoms with Gasteiger partial charge in [0.2, 0.25) is 0 Å². The van der Waals surface area contributed by atoms with Crippen LogP contribution < -0.4 is 10.6 Å². The van der Waals surface area contributed by atoms with E-state index in [0.29, 0.717) is 4.99 Å². The van der Waals surface area contributed by atoms with E-state index in [2.05, 4.69) is 54.0 Å². The Labute approximate surface area is 115 Å². The van der Waals surface area contributed by atoms with Gasteiger partial charge in [0.15, 0.2) is 0 Å². The molecule has 0 atom stereocenters. The van der Waals surface area contributed by atoms with Crippen molar-refractivity contribution in [3.63, 3.8) is 0 Å². The van der Waals surface area contributed by atoms with E-state index >= 15 is 0 Å². The molecule has 1 aliphatic rings. The summed E-state index contributed by atoms with van der Waals surface area (Å²) >= 11 is 5.16. The molecule has 2 N–H and O–H groups in total. The molecule has 0 bridgehead atoms. The van der Waals surface area contributed by atoms with Crippen LogP contribution in [-0.4, -0.2) is 41.6 Å². The number of thiocarbonyl (C=S) groups is 1. The van der Waals surface area contributed by atoms with Crippen LogP contribution in [0.25, 0.3) is 0 Å². The number of hydrogen-bond acceptors (Lipinski definition) is 3. The van der Waals surface area contributed by atoms with Crippen LogP contribution in [0.1, 0.15) is 13.8 Å². The Morgan fingerprint density at radius 3 is 2.17 bits per heavy atom. The predicted molar refractivity (Wildman–Crippen MR) is 81.1 cm³/mol. The number of benzene rings is 1. The Hall–Kier alpha value is -1.13. The fourth-order valence-corrected chi connectivity index (χ4v) is 2.45. The molecule has 0 amide bonds. The molecule has 0 unspecified atom stereocenters. The molecular weight excluding hydrogens is 242 g/mol. The predicted octanol–water partition coefficient (Wildman–Crippen LogP) is 1.87. The second-order valence-electron chi connectivity index (χ2n) is 5.23. The van der Waals surface area contributed by atoms with Gasteiger partial charge in [0.05, 0.1) is 10.5 Å². The van der Waals surface area contributed by atoms with Gasteiger partial charge in [-0.3, -0.25) is 4.90 Å². The standard InChI is InChI=1S/C14H21N3S/c1-14(2,13(15)18)17-10-8-16(9-11-17)12-6-4-3-5-7-12/h3-7H,8-11H2,1-2H3,(H2,15,18). The first-order valence-corrected chi connectivity index (χ1v) is 6.77. The number of hydrogen-bond donors (Lipinski definition) is 1. The van der Waals surface area contributed by atoms with Gasteiger partial charge in [-0.15, -0.1) is 0 Å². The number of nitrogens with zero attached hydrogens (tertiary/aromatic N) is 2. The van der Waals surface area contributed by atoms with Crippen molar-refractivity contribution >= 4 is 22.9 Å². The van der Waals surface area contributed by atoms with E-state index in [1.807, 2.05) is 0 Å². The Bertz CT molecular complexity index is 408. The van der Waals surface area contributed by atoms with Crippen LogP contribution in [0.4, 0.5) is 5.69 Å². The van der Waals surface area contributed by atoms with E-state index in [9.17, 15) is 0 Å². The van der Waals surface area contributed by atoms with Gasteiger partial charge in [-0.1, -0.05) is 30.4 Å². The van der Waals surface area contributed by atoms with Crippen LogP contribution in [0.5, 0.6) is 0 Å². The quantitative estimate of drug-likeness (QED) is 0.844. The zero-order valence-corrected chi connectivity index (χ0v) is 11.9. The average Bonchev–Trinajstić information content (AvgIpc) is 2.40. The van der Waals surface area contributed by atoms with Crippen molar-refractivity contribution in [1.29, 1.82) is 0 Å². The summed E-state index contributed by atoms with van der Waals surface area (Å²) in [7, 11) is 0. The molecule has 1 aromatic carbocycles. The van der Waals surface area contributed by atoms with Gasteiger partial charge in [0, 0.05) is 31.9 Å².